The minimum Gasteiger partial charge on any atom is -0.437 e. The van der Waals surface area contributed by atoms with Crippen LogP contribution in [0.15, 0.2) is 63.9 Å². The number of hydrogen-bond acceptors (Lipinski definition) is 4. The first-order valence-corrected chi connectivity index (χ1v) is 7.92. The fourth-order valence-electron chi connectivity index (χ4n) is 2.17. The van der Waals surface area contributed by atoms with Gasteiger partial charge in [-0.05, 0) is 43.3 Å². The molecule has 1 aromatic heterocycles. The highest BCUT2D eigenvalue weighted by Gasteiger charge is 2.16. The van der Waals surface area contributed by atoms with Crippen LogP contribution >= 0.6 is 15.9 Å². The molecule has 6 heteroatoms. The lowest BCUT2D eigenvalue weighted by Gasteiger charge is -2.12. The molecule has 0 aliphatic heterocycles. The highest BCUT2D eigenvalue weighted by molar-refractivity contribution is 9.10. The molecule has 0 spiro atoms. The molecule has 2 aromatic carbocycles. The fraction of sp³-hybridized carbons (Fsp3) is 0.0556. The molecule has 0 N–H and O–H groups in total. The maximum Gasteiger partial charge on any atom is 0.289 e. The molecule has 0 bridgehead atoms. The lowest BCUT2D eigenvalue weighted by atomic mass is 10.2. The number of hydrogen-bond donors (Lipinski definition) is 0. The van der Waals surface area contributed by atoms with Crippen LogP contribution in [0, 0.1) is 18.3 Å². The van der Waals surface area contributed by atoms with Gasteiger partial charge in [-0.1, -0.05) is 34.1 Å². The van der Waals surface area contributed by atoms with E-state index in [-0.39, 0.29) is 11.4 Å². The molecule has 0 fully saturated rings. The van der Waals surface area contributed by atoms with E-state index in [0.717, 1.165) is 4.47 Å². The summed E-state index contributed by atoms with van der Waals surface area (Å²) in [6, 6.07) is 18.1. The molecule has 0 aliphatic carbocycles. The second kappa shape index (κ2) is 6.69. The van der Waals surface area contributed by atoms with Crippen LogP contribution in [0.5, 0.6) is 11.6 Å². The SMILES string of the molecule is Cc1c(Oc2ccc(Br)cc2)nn(-c2ccccc2)c(=O)c1C#N. The monoisotopic (exact) mass is 381 g/mol. The van der Waals surface area contributed by atoms with E-state index >= 15 is 0 Å². The standard InChI is InChI=1S/C18H12BrN3O2/c1-12-16(11-20)18(23)22(14-5-3-2-4-6-14)21-17(12)24-15-9-7-13(19)8-10-15/h2-10H,1H3. The zero-order valence-electron chi connectivity index (χ0n) is 12.7. The van der Waals surface area contributed by atoms with Crippen molar-refractivity contribution in [2.75, 3.05) is 0 Å². The zero-order chi connectivity index (χ0) is 17.1. The molecular weight excluding hydrogens is 370 g/mol. The van der Waals surface area contributed by atoms with Crippen molar-refractivity contribution in [2.24, 2.45) is 0 Å². The molecule has 0 saturated heterocycles. The summed E-state index contributed by atoms with van der Waals surface area (Å²) in [5, 5.41) is 13.6. The Kier molecular flexibility index (Phi) is 4.45. The third-order valence-electron chi connectivity index (χ3n) is 3.43. The Morgan fingerprint density at radius 3 is 2.42 bits per heavy atom. The smallest absolute Gasteiger partial charge is 0.289 e. The molecule has 3 aromatic rings. The zero-order valence-corrected chi connectivity index (χ0v) is 14.3. The average Bonchev–Trinajstić information content (AvgIpc) is 2.60. The topological polar surface area (TPSA) is 67.9 Å². The number of para-hydroxylation sites is 1. The summed E-state index contributed by atoms with van der Waals surface area (Å²) < 4.78 is 7.88. The van der Waals surface area contributed by atoms with E-state index in [0.29, 0.717) is 17.0 Å². The molecule has 3 rings (SSSR count). The van der Waals surface area contributed by atoms with Crippen LogP contribution < -0.4 is 10.3 Å². The van der Waals surface area contributed by atoms with Crippen molar-refractivity contribution in [1.29, 1.82) is 5.26 Å². The van der Waals surface area contributed by atoms with Crippen LogP contribution in [0.3, 0.4) is 0 Å². The number of nitrogens with zero attached hydrogens (tertiary/aromatic N) is 3. The highest BCUT2D eigenvalue weighted by Crippen LogP contribution is 2.25. The van der Waals surface area contributed by atoms with Crippen molar-refractivity contribution < 1.29 is 4.74 Å². The van der Waals surface area contributed by atoms with Crippen molar-refractivity contribution in [2.45, 2.75) is 6.92 Å². The van der Waals surface area contributed by atoms with Crippen molar-refractivity contribution in [3.8, 4) is 23.4 Å². The fourth-order valence-corrected chi connectivity index (χ4v) is 2.44. The largest absolute Gasteiger partial charge is 0.437 e. The summed E-state index contributed by atoms with van der Waals surface area (Å²) in [6.07, 6.45) is 0. The maximum absolute atomic E-state index is 12.5. The van der Waals surface area contributed by atoms with Crippen molar-refractivity contribution in [1.82, 2.24) is 9.78 Å². The number of halogens is 1. The van der Waals surface area contributed by atoms with E-state index in [2.05, 4.69) is 21.0 Å². The van der Waals surface area contributed by atoms with Gasteiger partial charge in [-0.25, -0.2) is 0 Å². The van der Waals surface area contributed by atoms with E-state index in [1.807, 2.05) is 24.3 Å². The minimum absolute atomic E-state index is 0.0148. The van der Waals surface area contributed by atoms with Gasteiger partial charge in [0, 0.05) is 10.0 Å². The summed E-state index contributed by atoms with van der Waals surface area (Å²) in [7, 11) is 0. The number of aromatic nitrogens is 2. The Balaban J connectivity index is 2.14. The summed E-state index contributed by atoms with van der Waals surface area (Å²) in [6.45, 7) is 1.65. The van der Waals surface area contributed by atoms with Crippen molar-refractivity contribution >= 4 is 15.9 Å². The highest BCUT2D eigenvalue weighted by atomic mass is 79.9. The number of nitriles is 1. The van der Waals surface area contributed by atoms with E-state index in [1.165, 1.54) is 4.68 Å². The molecule has 0 saturated carbocycles. The summed E-state index contributed by atoms with van der Waals surface area (Å²) in [5.41, 5.74) is 0.530. The Morgan fingerprint density at radius 1 is 1.12 bits per heavy atom. The normalized spacial score (nSPS) is 10.2. The van der Waals surface area contributed by atoms with Gasteiger partial charge in [-0.2, -0.15) is 9.94 Å². The van der Waals surface area contributed by atoms with Gasteiger partial charge in [0.1, 0.15) is 17.4 Å². The first-order chi connectivity index (χ1) is 11.6. The number of rotatable bonds is 3. The van der Waals surface area contributed by atoms with Crippen LogP contribution in [0.1, 0.15) is 11.1 Å². The molecule has 5 nitrogen and oxygen atoms in total. The summed E-state index contributed by atoms with van der Waals surface area (Å²) >= 11 is 3.36. The van der Waals surface area contributed by atoms with Gasteiger partial charge in [-0.3, -0.25) is 4.79 Å². The predicted octanol–water partition coefficient (Wildman–Crippen LogP) is 3.97. The first kappa shape index (κ1) is 16.0. The van der Waals surface area contributed by atoms with E-state index < -0.39 is 5.56 Å². The molecule has 0 amide bonds. The molecule has 0 unspecified atom stereocenters. The molecular formula is C18H12BrN3O2. The number of benzene rings is 2. The second-order valence-electron chi connectivity index (χ2n) is 5.03. The van der Waals surface area contributed by atoms with Crippen LogP contribution in [-0.2, 0) is 0 Å². The Labute approximate surface area is 146 Å². The third-order valence-corrected chi connectivity index (χ3v) is 3.96. The van der Waals surface area contributed by atoms with Crippen LogP contribution in [-0.4, -0.2) is 9.78 Å². The molecule has 0 atom stereocenters. The van der Waals surface area contributed by atoms with E-state index in [9.17, 15) is 10.1 Å². The van der Waals surface area contributed by atoms with Gasteiger partial charge in [-0.15, -0.1) is 5.10 Å². The second-order valence-corrected chi connectivity index (χ2v) is 5.94. The quantitative estimate of drug-likeness (QED) is 0.688. The van der Waals surface area contributed by atoms with Gasteiger partial charge in [0.2, 0.25) is 5.88 Å². The Morgan fingerprint density at radius 2 is 1.79 bits per heavy atom. The molecule has 1 heterocycles. The summed E-state index contributed by atoms with van der Waals surface area (Å²) in [5.74, 6) is 0.785. The van der Waals surface area contributed by atoms with Crippen molar-refractivity contribution in [3.05, 3.63) is 80.6 Å². The van der Waals surface area contributed by atoms with Gasteiger partial charge >= 0.3 is 0 Å². The van der Waals surface area contributed by atoms with E-state index in [1.54, 1.807) is 43.3 Å². The van der Waals surface area contributed by atoms with Gasteiger partial charge in [0.05, 0.1) is 5.69 Å². The molecule has 24 heavy (non-hydrogen) atoms. The first-order valence-electron chi connectivity index (χ1n) is 7.13. The lowest BCUT2D eigenvalue weighted by Crippen LogP contribution is -2.25. The van der Waals surface area contributed by atoms with Gasteiger partial charge in [0.25, 0.3) is 5.56 Å². The average molecular weight is 382 g/mol. The van der Waals surface area contributed by atoms with Crippen molar-refractivity contribution in [3.63, 3.8) is 0 Å². The lowest BCUT2D eigenvalue weighted by molar-refractivity contribution is 0.442. The number of ether oxygens (including phenoxy) is 1. The van der Waals surface area contributed by atoms with Crippen LogP contribution in [0.25, 0.3) is 5.69 Å². The third kappa shape index (κ3) is 3.07. The molecule has 118 valence electrons. The summed E-state index contributed by atoms with van der Waals surface area (Å²) in [4.78, 5) is 12.5. The van der Waals surface area contributed by atoms with E-state index in [4.69, 9.17) is 4.74 Å². The molecule has 0 aliphatic rings. The minimum atomic E-state index is -0.468. The maximum atomic E-state index is 12.5. The Hall–Kier alpha value is -2.91. The van der Waals surface area contributed by atoms with Gasteiger partial charge in [0.15, 0.2) is 0 Å². The van der Waals surface area contributed by atoms with Gasteiger partial charge < -0.3 is 4.74 Å². The predicted molar refractivity (Wildman–Crippen MR) is 93.5 cm³/mol. The van der Waals surface area contributed by atoms with Crippen LogP contribution in [0.2, 0.25) is 0 Å². The molecule has 0 radical (unpaired) electrons. The van der Waals surface area contributed by atoms with Crippen LogP contribution in [0.4, 0.5) is 0 Å². The Bertz CT molecular complexity index is 974.